The largest absolute Gasteiger partial charge is 0.465 e. The van der Waals surface area contributed by atoms with E-state index in [1.165, 1.54) is 55.6 Å². The summed E-state index contributed by atoms with van der Waals surface area (Å²) in [5.41, 5.74) is 3.90. The second kappa shape index (κ2) is 11.5. The summed E-state index contributed by atoms with van der Waals surface area (Å²) in [4.78, 5) is 52.0. The monoisotopic (exact) mass is 598 g/mol. The van der Waals surface area contributed by atoms with Crippen molar-refractivity contribution in [3.8, 4) is 0 Å². The third-order valence-electron chi connectivity index (χ3n) is 5.60. The van der Waals surface area contributed by atoms with E-state index in [0.717, 1.165) is 14.4 Å². The number of benzene rings is 3. The summed E-state index contributed by atoms with van der Waals surface area (Å²) >= 11 is 8.80. The zero-order valence-corrected chi connectivity index (χ0v) is 22.2. The minimum absolute atomic E-state index is 0.0766. The van der Waals surface area contributed by atoms with Crippen LogP contribution in [-0.4, -0.2) is 47.0 Å². The van der Waals surface area contributed by atoms with E-state index in [1.54, 1.807) is 24.3 Å². The second-order valence-corrected chi connectivity index (χ2v) is 9.37. The number of nitrogens with zero attached hydrogens (tertiary/aromatic N) is 2. The van der Waals surface area contributed by atoms with Gasteiger partial charge in [-0.25, -0.2) is 14.2 Å². The van der Waals surface area contributed by atoms with Crippen LogP contribution in [0.1, 0.15) is 27.1 Å². The molecule has 12 heteroatoms. The Kier molecular flexibility index (Phi) is 8.13. The van der Waals surface area contributed by atoms with Crippen LogP contribution in [0.15, 0.2) is 77.3 Å². The molecule has 0 saturated carbocycles. The van der Waals surface area contributed by atoms with Crippen molar-refractivity contribution in [1.29, 1.82) is 0 Å². The molecule has 4 rings (SSSR count). The smallest absolute Gasteiger partial charge is 0.337 e. The minimum atomic E-state index is -1.18. The quantitative estimate of drug-likeness (QED) is 0.312. The lowest BCUT2D eigenvalue weighted by molar-refractivity contribution is -0.124. The summed E-state index contributed by atoms with van der Waals surface area (Å²) in [6, 6.07) is 16.5. The zero-order valence-electron chi connectivity index (χ0n) is 19.8. The van der Waals surface area contributed by atoms with E-state index in [9.17, 15) is 23.6 Å². The first kappa shape index (κ1) is 26.9. The van der Waals surface area contributed by atoms with Gasteiger partial charge in [0.2, 0.25) is 11.0 Å². The number of carbonyl (C=O) groups is 4. The SMILES string of the molecule is COC(=O)c1ccc(NC(=O)CC2C(=O)N(c3ccc(F)cc3)C(=S)N2NC(=O)c2ccc(Br)cc2)cc1. The number of nitrogens with one attached hydrogen (secondary N) is 2. The van der Waals surface area contributed by atoms with E-state index in [4.69, 9.17) is 12.2 Å². The summed E-state index contributed by atoms with van der Waals surface area (Å²) in [5.74, 6) is -2.68. The standard InChI is InChI=1S/C26H20BrFN4O5S/c1-37-25(36)16-4-10-19(11-5-16)29-22(33)14-21-24(35)31(20-12-8-18(28)9-13-20)26(38)32(21)30-23(34)15-2-6-17(27)7-3-15/h2-13,21H,14H2,1H3,(H,29,33)(H,30,34). The van der Waals surface area contributed by atoms with Crippen LogP contribution in [-0.2, 0) is 14.3 Å². The average molecular weight is 599 g/mol. The van der Waals surface area contributed by atoms with Crippen LogP contribution in [0.5, 0.6) is 0 Å². The molecule has 194 valence electrons. The topological polar surface area (TPSA) is 108 Å². The van der Waals surface area contributed by atoms with E-state index < -0.39 is 35.5 Å². The molecule has 1 fully saturated rings. The van der Waals surface area contributed by atoms with E-state index in [-0.39, 0.29) is 17.2 Å². The number of esters is 1. The normalized spacial score (nSPS) is 14.9. The van der Waals surface area contributed by atoms with Gasteiger partial charge in [-0.05, 0) is 85.0 Å². The summed E-state index contributed by atoms with van der Waals surface area (Å²) in [7, 11) is 1.26. The van der Waals surface area contributed by atoms with Crippen LogP contribution in [0.4, 0.5) is 15.8 Å². The molecule has 9 nitrogen and oxygen atoms in total. The lowest BCUT2D eigenvalue weighted by atomic mass is 10.1. The van der Waals surface area contributed by atoms with Gasteiger partial charge in [-0.2, -0.15) is 0 Å². The Hall–Kier alpha value is -4.16. The highest BCUT2D eigenvalue weighted by atomic mass is 79.9. The highest BCUT2D eigenvalue weighted by molar-refractivity contribution is 9.10. The average Bonchev–Trinajstić information content (AvgIpc) is 3.13. The van der Waals surface area contributed by atoms with Crippen LogP contribution >= 0.6 is 28.1 Å². The van der Waals surface area contributed by atoms with Crippen molar-refractivity contribution in [3.05, 3.63) is 94.2 Å². The van der Waals surface area contributed by atoms with Gasteiger partial charge in [-0.3, -0.25) is 24.7 Å². The molecule has 1 unspecified atom stereocenters. The molecule has 3 aromatic rings. The molecular formula is C26H20BrFN4O5S. The molecule has 0 aliphatic carbocycles. The van der Waals surface area contributed by atoms with Crippen molar-refractivity contribution in [3.63, 3.8) is 0 Å². The van der Waals surface area contributed by atoms with Gasteiger partial charge in [0.25, 0.3) is 11.8 Å². The second-order valence-electron chi connectivity index (χ2n) is 8.09. The van der Waals surface area contributed by atoms with Crippen molar-refractivity contribution in [2.45, 2.75) is 12.5 Å². The number of ether oxygens (including phenoxy) is 1. The minimum Gasteiger partial charge on any atom is -0.465 e. The summed E-state index contributed by atoms with van der Waals surface area (Å²) < 4.78 is 18.9. The summed E-state index contributed by atoms with van der Waals surface area (Å²) in [5, 5.41) is 3.74. The first-order valence-corrected chi connectivity index (χ1v) is 12.4. The molecule has 0 spiro atoms. The van der Waals surface area contributed by atoms with E-state index >= 15 is 0 Å². The number of anilines is 2. The fraction of sp³-hybridized carbons (Fsp3) is 0.115. The Balaban J connectivity index is 1.56. The first-order chi connectivity index (χ1) is 18.2. The predicted octanol–water partition coefficient (Wildman–Crippen LogP) is 4.05. The maximum Gasteiger partial charge on any atom is 0.337 e. The van der Waals surface area contributed by atoms with Crippen molar-refractivity contribution in [2.75, 3.05) is 17.3 Å². The fourth-order valence-electron chi connectivity index (χ4n) is 3.70. The van der Waals surface area contributed by atoms with Gasteiger partial charge in [0.05, 0.1) is 24.8 Å². The number of hydrogen-bond acceptors (Lipinski definition) is 6. The number of carbonyl (C=O) groups excluding carboxylic acids is 4. The number of methoxy groups -OCH3 is 1. The molecule has 1 aliphatic rings. The maximum atomic E-state index is 13.5. The molecule has 0 aromatic heterocycles. The summed E-state index contributed by atoms with van der Waals surface area (Å²) in [6.07, 6.45) is -0.365. The van der Waals surface area contributed by atoms with E-state index in [0.29, 0.717) is 16.8 Å². The molecule has 3 aromatic carbocycles. The number of amides is 3. The number of rotatable bonds is 7. The molecule has 38 heavy (non-hydrogen) atoms. The molecule has 1 heterocycles. The van der Waals surface area contributed by atoms with Gasteiger partial charge in [0.1, 0.15) is 11.9 Å². The number of hydrazine groups is 1. The van der Waals surface area contributed by atoms with Crippen molar-refractivity contribution < 1.29 is 28.3 Å². The molecule has 0 bridgehead atoms. The number of halogens is 2. The Morgan fingerprint density at radius 3 is 2.18 bits per heavy atom. The lowest BCUT2D eigenvalue weighted by Crippen LogP contribution is -2.49. The molecule has 2 N–H and O–H groups in total. The van der Waals surface area contributed by atoms with Crippen LogP contribution < -0.4 is 15.6 Å². The third-order valence-corrected chi connectivity index (χ3v) is 6.50. The van der Waals surface area contributed by atoms with Gasteiger partial charge in [-0.1, -0.05) is 15.9 Å². The highest BCUT2D eigenvalue weighted by Crippen LogP contribution is 2.27. The van der Waals surface area contributed by atoms with Gasteiger partial charge >= 0.3 is 5.97 Å². The van der Waals surface area contributed by atoms with Crippen molar-refractivity contribution in [2.24, 2.45) is 0 Å². The van der Waals surface area contributed by atoms with Crippen LogP contribution in [0.2, 0.25) is 0 Å². The molecular weight excluding hydrogens is 579 g/mol. The first-order valence-electron chi connectivity index (χ1n) is 11.2. The van der Waals surface area contributed by atoms with E-state index in [2.05, 4.69) is 31.4 Å². The van der Waals surface area contributed by atoms with Gasteiger partial charge in [0, 0.05) is 15.7 Å². The Morgan fingerprint density at radius 1 is 0.974 bits per heavy atom. The Morgan fingerprint density at radius 2 is 1.58 bits per heavy atom. The Bertz CT molecular complexity index is 1400. The van der Waals surface area contributed by atoms with Gasteiger partial charge in [-0.15, -0.1) is 0 Å². The molecule has 3 amide bonds. The fourth-order valence-corrected chi connectivity index (χ4v) is 4.33. The molecule has 0 radical (unpaired) electrons. The van der Waals surface area contributed by atoms with E-state index in [1.807, 2.05) is 0 Å². The van der Waals surface area contributed by atoms with Crippen LogP contribution in [0, 0.1) is 5.82 Å². The van der Waals surface area contributed by atoms with Gasteiger partial charge in [0.15, 0.2) is 0 Å². The van der Waals surface area contributed by atoms with Crippen LogP contribution in [0.25, 0.3) is 0 Å². The maximum absolute atomic E-state index is 13.5. The number of hydrogen-bond donors (Lipinski definition) is 2. The molecule has 1 aliphatic heterocycles. The van der Waals surface area contributed by atoms with Crippen molar-refractivity contribution in [1.82, 2.24) is 10.4 Å². The van der Waals surface area contributed by atoms with Crippen LogP contribution in [0.3, 0.4) is 0 Å². The molecule has 1 atom stereocenters. The number of thiocarbonyl (C=S) groups is 1. The lowest BCUT2D eigenvalue weighted by Gasteiger charge is -2.24. The van der Waals surface area contributed by atoms with Crippen molar-refractivity contribution >= 4 is 68.3 Å². The highest BCUT2D eigenvalue weighted by Gasteiger charge is 2.45. The molecule has 1 saturated heterocycles. The predicted molar refractivity (Wildman–Crippen MR) is 145 cm³/mol. The van der Waals surface area contributed by atoms with Gasteiger partial charge < -0.3 is 10.1 Å². The Labute approximate surface area is 230 Å². The third kappa shape index (κ3) is 5.87. The zero-order chi connectivity index (χ0) is 27.4. The summed E-state index contributed by atoms with van der Waals surface area (Å²) in [6.45, 7) is 0.